The van der Waals surface area contributed by atoms with Gasteiger partial charge in [-0.1, -0.05) is 30.3 Å². The lowest BCUT2D eigenvalue weighted by Crippen LogP contribution is -2.04. The third kappa shape index (κ3) is 2.40. The summed E-state index contributed by atoms with van der Waals surface area (Å²) in [5.41, 5.74) is 1.20. The van der Waals surface area contributed by atoms with Gasteiger partial charge in [0.05, 0.1) is 26.7 Å². The molecule has 1 aromatic heterocycles. The van der Waals surface area contributed by atoms with Crippen LogP contribution in [0.3, 0.4) is 0 Å². The number of hydrogen-bond donors (Lipinski definition) is 0. The van der Waals surface area contributed by atoms with E-state index in [0.717, 1.165) is 11.1 Å². The average Bonchev–Trinajstić information content (AvgIpc) is 2.61. The van der Waals surface area contributed by atoms with Crippen molar-refractivity contribution < 1.29 is 18.6 Å². The van der Waals surface area contributed by atoms with Gasteiger partial charge in [0.1, 0.15) is 6.26 Å². The number of fused-ring (bicyclic) bond motifs is 1. The number of rotatable bonds is 4. The van der Waals surface area contributed by atoms with Crippen molar-refractivity contribution in [2.75, 3.05) is 21.3 Å². The van der Waals surface area contributed by atoms with E-state index in [1.54, 1.807) is 6.07 Å². The second kappa shape index (κ2) is 6.04. The summed E-state index contributed by atoms with van der Waals surface area (Å²) in [7, 11) is 4.56. The van der Waals surface area contributed by atoms with Crippen LogP contribution >= 0.6 is 0 Å². The minimum atomic E-state index is -0.459. The first-order valence-corrected chi connectivity index (χ1v) is 7.01. The normalized spacial score (nSPS) is 10.6. The zero-order chi connectivity index (χ0) is 16.4. The minimum Gasteiger partial charge on any atom is -0.493 e. The van der Waals surface area contributed by atoms with Crippen molar-refractivity contribution in [1.29, 1.82) is 0 Å². The molecule has 0 spiro atoms. The Kier molecular flexibility index (Phi) is 3.93. The van der Waals surface area contributed by atoms with E-state index >= 15 is 0 Å². The third-order valence-corrected chi connectivity index (χ3v) is 3.69. The first-order valence-electron chi connectivity index (χ1n) is 7.01. The molecule has 0 saturated heterocycles. The van der Waals surface area contributed by atoms with Gasteiger partial charge >= 0.3 is 5.63 Å². The van der Waals surface area contributed by atoms with Crippen LogP contribution in [0.15, 0.2) is 51.9 Å². The van der Waals surface area contributed by atoms with Crippen molar-refractivity contribution in [3.8, 4) is 28.4 Å². The van der Waals surface area contributed by atoms with Gasteiger partial charge in [-0.05, 0) is 11.6 Å². The van der Waals surface area contributed by atoms with Crippen LogP contribution in [0.25, 0.3) is 21.9 Å². The summed E-state index contributed by atoms with van der Waals surface area (Å²) in [5.74, 6) is 1.29. The standard InChI is InChI=1S/C18H16O5/c1-20-14-9-12-15(17(22-3)16(14)21-2)13(10-23-18(12)19)11-7-5-4-6-8-11/h4-10H,1-3H3. The molecule has 0 N–H and O–H groups in total. The fourth-order valence-corrected chi connectivity index (χ4v) is 2.65. The molecule has 0 unspecified atom stereocenters. The Morgan fingerprint density at radius 1 is 0.913 bits per heavy atom. The Morgan fingerprint density at radius 2 is 1.61 bits per heavy atom. The SMILES string of the molecule is COc1cc2c(=O)occ(-c3ccccc3)c2c(OC)c1OC. The summed E-state index contributed by atoms with van der Waals surface area (Å²) in [6.45, 7) is 0. The third-order valence-electron chi connectivity index (χ3n) is 3.69. The van der Waals surface area contributed by atoms with E-state index in [0.29, 0.717) is 28.0 Å². The second-order valence-electron chi connectivity index (χ2n) is 4.87. The van der Waals surface area contributed by atoms with Crippen molar-refractivity contribution in [3.05, 3.63) is 53.1 Å². The maximum absolute atomic E-state index is 12.2. The first-order chi connectivity index (χ1) is 11.2. The van der Waals surface area contributed by atoms with Gasteiger partial charge in [0.2, 0.25) is 5.75 Å². The Bertz CT molecular complexity index is 897. The van der Waals surface area contributed by atoms with E-state index in [9.17, 15) is 4.79 Å². The smallest absolute Gasteiger partial charge is 0.343 e. The second-order valence-corrected chi connectivity index (χ2v) is 4.87. The Morgan fingerprint density at radius 3 is 2.22 bits per heavy atom. The number of ether oxygens (including phenoxy) is 3. The molecule has 5 heteroatoms. The lowest BCUT2D eigenvalue weighted by atomic mass is 10.00. The van der Waals surface area contributed by atoms with Gasteiger partial charge in [-0.2, -0.15) is 0 Å². The molecule has 0 aliphatic carbocycles. The number of hydrogen-bond acceptors (Lipinski definition) is 5. The summed E-state index contributed by atoms with van der Waals surface area (Å²) >= 11 is 0. The zero-order valence-electron chi connectivity index (χ0n) is 13.1. The van der Waals surface area contributed by atoms with Crippen LogP contribution in [0.1, 0.15) is 0 Å². The highest BCUT2D eigenvalue weighted by Crippen LogP contribution is 2.45. The molecule has 2 aromatic carbocycles. The van der Waals surface area contributed by atoms with Crippen LogP contribution in [0.5, 0.6) is 17.2 Å². The minimum absolute atomic E-state index is 0.376. The first kappa shape index (κ1) is 15.0. The molecule has 1 heterocycles. The van der Waals surface area contributed by atoms with Crippen LogP contribution in [0.2, 0.25) is 0 Å². The van der Waals surface area contributed by atoms with Crippen LogP contribution in [-0.2, 0) is 0 Å². The molecule has 23 heavy (non-hydrogen) atoms. The molecule has 0 bridgehead atoms. The van der Waals surface area contributed by atoms with E-state index in [1.165, 1.54) is 27.6 Å². The van der Waals surface area contributed by atoms with Crippen LogP contribution in [0, 0.1) is 0 Å². The van der Waals surface area contributed by atoms with Crippen molar-refractivity contribution in [2.45, 2.75) is 0 Å². The zero-order valence-corrected chi connectivity index (χ0v) is 13.1. The maximum atomic E-state index is 12.2. The van der Waals surface area contributed by atoms with Crippen LogP contribution < -0.4 is 19.8 Å². The summed E-state index contributed by atoms with van der Waals surface area (Å²) in [5, 5.41) is 1.01. The van der Waals surface area contributed by atoms with E-state index in [4.69, 9.17) is 18.6 Å². The molecule has 0 radical (unpaired) electrons. The van der Waals surface area contributed by atoms with Crippen molar-refractivity contribution in [2.24, 2.45) is 0 Å². The van der Waals surface area contributed by atoms with Crippen LogP contribution in [-0.4, -0.2) is 21.3 Å². The van der Waals surface area contributed by atoms with Gasteiger partial charge in [-0.15, -0.1) is 0 Å². The predicted molar refractivity (Wildman–Crippen MR) is 87.6 cm³/mol. The van der Waals surface area contributed by atoms with Gasteiger partial charge in [0.15, 0.2) is 11.5 Å². The van der Waals surface area contributed by atoms with E-state index in [1.807, 2.05) is 30.3 Å². The largest absolute Gasteiger partial charge is 0.493 e. The molecule has 0 amide bonds. The van der Waals surface area contributed by atoms with E-state index in [2.05, 4.69) is 0 Å². The van der Waals surface area contributed by atoms with Gasteiger partial charge < -0.3 is 18.6 Å². The summed E-state index contributed by atoms with van der Waals surface area (Å²) in [4.78, 5) is 12.2. The maximum Gasteiger partial charge on any atom is 0.343 e. The summed E-state index contributed by atoms with van der Waals surface area (Å²) in [6.07, 6.45) is 1.44. The fraction of sp³-hybridized carbons (Fsp3) is 0.167. The van der Waals surface area contributed by atoms with Gasteiger partial charge in [-0.25, -0.2) is 4.79 Å². The molecule has 3 aromatic rings. The Labute approximate surface area is 133 Å². The molecule has 3 rings (SSSR count). The molecule has 0 atom stereocenters. The quantitative estimate of drug-likeness (QED) is 0.738. The number of benzene rings is 2. The summed E-state index contributed by atoms with van der Waals surface area (Å²) < 4.78 is 21.4. The molecule has 0 aliphatic heterocycles. The molecular formula is C18H16O5. The van der Waals surface area contributed by atoms with E-state index < -0.39 is 5.63 Å². The van der Waals surface area contributed by atoms with E-state index in [-0.39, 0.29) is 0 Å². The highest BCUT2D eigenvalue weighted by atomic mass is 16.5. The number of methoxy groups -OCH3 is 3. The lowest BCUT2D eigenvalue weighted by molar-refractivity contribution is 0.327. The monoisotopic (exact) mass is 312 g/mol. The highest BCUT2D eigenvalue weighted by Gasteiger charge is 2.21. The Balaban J connectivity index is 2.49. The average molecular weight is 312 g/mol. The van der Waals surface area contributed by atoms with Crippen LogP contribution in [0.4, 0.5) is 0 Å². The Hall–Kier alpha value is -2.95. The fourth-order valence-electron chi connectivity index (χ4n) is 2.65. The molecule has 0 saturated carbocycles. The van der Waals surface area contributed by atoms with Gasteiger partial charge in [0.25, 0.3) is 0 Å². The molecule has 0 fully saturated rings. The molecule has 0 aliphatic rings. The topological polar surface area (TPSA) is 57.9 Å². The lowest BCUT2D eigenvalue weighted by Gasteiger charge is -2.16. The highest BCUT2D eigenvalue weighted by molar-refractivity contribution is 6.02. The van der Waals surface area contributed by atoms with Crippen molar-refractivity contribution >= 4 is 10.8 Å². The van der Waals surface area contributed by atoms with Crippen molar-refractivity contribution in [3.63, 3.8) is 0 Å². The summed E-state index contributed by atoms with van der Waals surface area (Å²) in [6, 6.07) is 11.2. The van der Waals surface area contributed by atoms with Crippen molar-refractivity contribution in [1.82, 2.24) is 0 Å². The van der Waals surface area contributed by atoms with Gasteiger partial charge in [-0.3, -0.25) is 0 Å². The molecule has 5 nitrogen and oxygen atoms in total. The predicted octanol–water partition coefficient (Wildman–Crippen LogP) is 3.49. The molecular weight excluding hydrogens is 296 g/mol. The molecule has 118 valence electrons. The van der Waals surface area contributed by atoms with Gasteiger partial charge in [0, 0.05) is 10.9 Å².